The molecule has 2 heterocycles. The van der Waals surface area contributed by atoms with Crippen LogP contribution in [-0.4, -0.2) is 46.9 Å². The van der Waals surface area contributed by atoms with Crippen molar-refractivity contribution >= 4 is 12.2 Å². The van der Waals surface area contributed by atoms with E-state index >= 15 is 0 Å². The van der Waals surface area contributed by atoms with E-state index in [0.29, 0.717) is 19.1 Å². The summed E-state index contributed by atoms with van der Waals surface area (Å²) in [6.45, 7) is 16.8. The molecule has 1 aromatic carbocycles. The number of nitrogens with one attached hydrogen (secondary N) is 1. The first-order valence-corrected chi connectivity index (χ1v) is 15.0. The number of aromatic nitrogens is 1. The summed E-state index contributed by atoms with van der Waals surface area (Å²) >= 11 is 0. The molecule has 2 aromatic rings. The summed E-state index contributed by atoms with van der Waals surface area (Å²) in [5, 5.41) is 6.63. The van der Waals surface area contributed by atoms with E-state index in [1.165, 1.54) is 43.0 Å². The van der Waals surface area contributed by atoms with Gasteiger partial charge in [0.1, 0.15) is 23.7 Å². The zero-order valence-corrected chi connectivity index (χ0v) is 26.3. The van der Waals surface area contributed by atoms with Crippen molar-refractivity contribution < 1.29 is 27.3 Å². The summed E-state index contributed by atoms with van der Waals surface area (Å²) < 4.78 is 44.2. The highest BCUT2D eigenvalue weighted by atomic mass is 19.1. The fourth-order valence-electron chi connectivity index (χ4n) is 4.90. The van der Waals surface area contributed by atoms with Crippen LogP contribution in [0.25, 0.3) is 11.3 Å². The van der Waals surface area contributed by atoms with Crippen molar-refractivity contribution in [3.05, 3.63) is 77.8 Å². The fraction of sp³-hybridized carbons (Fsp3) is 0.500. The molecule has 0 atom stereocenters. The van der Waals surface area contributed by atoms with Gasteiger partial charge in [0.05, 0.1) is 11.1 Å². The van der Waals surface area contributed by atoms with Crippen LogP contribution in [0.5, 0.6) is 0 Å². The summed E-state index contributed by atoms with van der Waals surface area (Å²) in [5.74, 6) is -2.35. The lowest BCUT2D eigenvalue weighted by molar-refractivity contribution is -0.111. The van der Waals surface area contributed by atoms with Gasteiger partial charge < -0.3 is 14.6 Å². The van der Waals surface area contributed by atoms with E-state index < -0.39 is 28.9 Å². The number of likely N-dealkylation sites (tertiary alicyclic amines) is 1. The normalized spacial score (nSPS) is 17.2. The quantitative estimate of drug-likeness (QED) is 0.243. The molecule has 0 unspecified atom stereocenters. The third-order valence-electron chi connectivity index (χ3n) is 7.70. The number of nitrogens with zero attached hydrogens (tertiary/aromatic N) is 2. The van der Waals surface area contributed by atoms with Gasteiger partial charge in [-0.25, -0.2) is 13.2 Å². The number of carbonyl (C=O) groups excluding carboxylic acids is 2. The third-order valence-corrected chi connectivity index (χ3v) is 7.70. The van der Waals surface area contributed by atoms with Crippen LogP contribution >= 0.6 is 0 Å². The Morgan fingerprint density at radius 1 is 1.16 bits per heavy atom. The van der Waals surface area contributed by atoms with Crippen molar-refractivity contribution in [3.8, 4) is 11.3 Å². The van der Waals surface area contributed by atoms with Gasteiger partial charge in [0.25, 0.3) is 5.91 Å². The van der Waals surface area contributed by atoms with Gasteiger partial charge in [0.2, 0.25) is 0 Å². The van der Waals surface area contributed by atoms with Gasteiger partial charge in [-0.05, 0) is 43.4 Å². The van der Waals surface area contributed by atoms with Crippen LogP contribution in [0.4, 0.5) is 13.2 Å². The summed E-state index contributed by atoms with van der Waals surface area (Å²) in [6, 6.07) is 4.91. The molecule has 1 aliphatic carbocycles. The molecule has 2 fully saturated rings. The summed E-state index contributed by atoms with van der Waals surface area (Å²) in [4.78, 5) is 26.2. The molecule has 2 aliphatic rings. The molecular weight excluding hydrogens is 555 g/mol. The Morgan fingerprint density at radius 2 is 1.81 bits per heavy atom. The Kier molecular flexibility index (Phi) is 13.6. The topological polar surface area (TPSA) is 75.4 Å². The molecule has 6 nitrogen and oxygen atoms in total. The Morgan fingerprint density at radius 3 is 2.37 bits per heavy atom. The predicted octanol–water partition coefficient (Wildman–Crippen LogP) is 8.37. The summed E-state index contributed by atoms with van der Waals surface area (Å²) in [5.41, 5.74) is 0.774. The average Bonchev–Trinajstić information content (AvgIpc) is 3.43. The van der Waals surface area contributed by atoms with Gasteiger partial charge in [-0.1, -0.05) is 83.3 Å². The molecule has 0 spiro atoms. The standard InChI is InChI=1S/C21H23F2N3O3.C11H17F.C2H6/c22-14-6-7-16(17(23)10-14)19-11-18(25-29-19)20(28)24-21(8-9-27)12-26(13-21)15-4-2-1-3-5-15;1-9(11(3,4)5)7-6-8-10(2)12;1-2/h6-7,9-11,15H,1-5,8,12-13H2,(H,24,28);6-8H,2H2,1,3-5H3;1-2H3/b;8-6-,9-7+;. The van der Waals surface area contributed by atoms with E-state index in [9.17, 15) is 22.8 Å². The monoisotopic (exact) mass is 601 g/mol. The van der Waals surface area contributed by atoms with E-state index in [1.807, 2.05) is 26.8 Å². The number of aldehydes is 1. The van der Waals surface area contributed by atoms with Gasteiger partial charge in [0, 0.05) is 37.7 Å². The van der Waals surface area contributed by atoms with Crippen molar-refractivity contribution in [2.75, 3.05) is 13.1 Å². The van der Waals surface area contributed by atoms with Crippen LogP contribution in [0.2, 0.25) is 0 Å². The van der Waals surface area contributed by atoms with Crippen molar-refractivity contribution in [2.45, 2.75) is 91.6 Å². The van der Waals surface area contributed by atoms with Gasteiger partial charge in [-0.3, -0.25) is 9.69 Å². The zero-order valence-electron chi connectivity index (χ0n) is 26.3. The molecule has 1 amide bonds. The molecule has 0 radical (unpaired) electrons. The summed E-state index contributed by atoms with van der Waals surface area (Å²) in [7, 11) is 0. The Labute approximate surface area is 254 Å². The smallest absolute Gasteiger partial charge is 0.274 e. The second-order valence-corrected chi connectivity index (χ2v) is 11.9. The molecule has 9 heteroatoms. The molecule has 236 valence electrons. The minimum absolute atomic E-state index is 0.00915. The zero-order chi connectivity index (χ0) is 32.2. The Balaban J connectivity index is 0.000000391. The number of benzene rings is 1. The van der Waals surface area contributed by atoms with Gasteiger partial charge in [-0.15, -0.1) is 0 Å². The van der Waals surface area contributed by atoms with E-state index in [2.05, 4.69) is 42.7 Å². The average molecular weight is 602 g/mol. The van der Waals surface area contributed by atoms with Crippen molar-refractivity contribution in [1.29, 1.82) is 0 Å². The lowest BCUT2D eigenvalue weighted by atomic mass is 9.82. The van der Waals surface area contributed by atoms with Gasteiger partial charge in [-0.2, -0.15) is 0 Å². The highest BCUT2D eigenvalue weighted by Crippen LogP contribution is 2.33. The van der Waals surface area contributed by atoms with Crippen molar-refractivity contribution in [3.63, 3.8) is 0 Å². The Hall–Kier alpha value is -3.46. The number of halogens is 3. The second kappa shape index (κ2) is 16.4. The molecule has 1 aromatic heterocycles. The van der Waals surface area contributed by atoms with E-state index in [0.717, 1.165) is 31.3 Å². The van der Waals surface area contributed by atoms with Crippen LogP contribution in [0.1, 0.15) is 90.6 Å². The molecule has 1 N–H and O–H groups in total. The van der Waals surface area contributed by atoms with Crippen LogP contribution in [0, 0.1) is 17.0 Å². The number of carbonyl (C=O) groups is 2. The van der Waals surface area contributed by atoms with Crippen molar-refractivity contribution in [1.82, 2.24) is 15.4 Å². The minimum atomic E-state index is -0.798. The second-order valence-electron chi connectivity index (χ2n) is 11.9. The maximum Gasteiger partial charge on any atom is 0.274 e. The number of hydrogen-bond donors (Lipinski definition) is 1. The lowest BCUT2D eigenvalue weighted by Crippen LogP contribution is -2.72. The van der Waals surface area contributed by atoms with Gasteiger partial charge in [0.15, 0.2) is 11.5 Å². The fourth-order valence-corrected chi connectivity index (χ4v) is 4.90. The molecule has 43 heavy (non-hydrogen) atoms. The lowest BCUT2D eigenvalue weighted by Gasteiger charge is -2.53. The molecule has 4 rings (SSSR count). The van der Waals surface area contributed by atoms with E-state index in [-0.39, 0.29) is 28.9 Å². The highest BCUT2D eigenvalue weighted by Gasteiger charge is 2.46. The van der Waals surface area contributed by atoms with Crippen LogP contribution in [0.15, 0.2) is 65.0 Å². The SMILES string of the molecule is C=C(F)/C=C\C=C(/C)C(C)(C)C.CC.O=CCC1(NC(=O)c2cc(-c3ccc(F)cc3F)on2)CN(C2CCCCC2)C1. The highest BCUT2D eigenvalue weighted by molar-refractivity contribution is 5.94. The molecule has 0 bridgehead atoms. The maximum absolute atomic E-state index is 13.9. The molecule has 1 saturated carbocycles. The maximum atomic E-state index is 13.9. The summed E-state index contributed by atoms with van der Waals surface area (Å²) in [6.07, 6.45) is 12.0. The third kappa shape index (κ3) is 10.6. The predicted molar refractivity (Wildman–Crippen MR) is 165 cm³/mol. The Bertz CT molecular complexity index is 1280. The van der Waals surface area contributed by atoms with Crippen molar-refractivity contribution in [2.24, 2.45) is 5.41 Å². The van der Waals surface area contributed by atoms with Crippen LogP contribution in [0.3, 0.4) is 0 Å². The first kappa shape index (κ1) is 35.7. The molecule has 1 aliphatic heterocycles. The van der Waals surface area contributed by atoms with E-state index in [1.54, 1.807) is 6.08 Å². The van der Waals surface area contributed by atoms with Gasteiger partial charge >= 0.3 is 0 Å². The molecule has 1 saturated heterocycles. The molecular formula is C34H46F3N3O3. The van der Waals surface area contributed by atoms with Crippen LogP contribution < -0.4 is 5.32 Å². The van der Waals surface area contributed by atoms with E-state index in [4.69, 9.17) is 4.52 Å². The number of amides is 1. The van der Waals surface area contributed by atoms with Crippen LogP contribution in [-0.2, 0) is 4.79 Å². The number of hydrogen-bond acceptors (Lipinski definition) is 5. The number of allylic oxidation sites excluding steroid dienone is 5. The first-order chi connectivity index (χ1) is 20.3. The largest absolute Gasteiger partial charge is 0.355 e. The minimum Gasteiger partial charge on any atom is -0.355 e. The first-order valence-electron chi connectivity index (χ1n) is 15.0. The number of rotatable bonds is 8.